The monoisotopic (exact) mass is 830 g/mol. The first-order valence-electron chi connectivity index (χ1n) is 22.0. The fraction of sp³-hybridized carbons (Fsp3) is 0. The zero-order valence-electron chi connectivity index (χ0n) is 35.2. The Morgan fingerprint density at radius 2 is 0.554 bits per heavy atom. The molecule has 0 radical (unpaired) electrons. The second-order valence-corrected chi connectivity index (χ2v) is 16.9. The Hall–Kier alpha value is -8.73. The van der Waals surface area contributed by atoms with E-state index in [1.807, 2.05) is 36.4 Å². The van der Waals surface area contributed by atoms with Crippen molar-refractivity contribution in [2.45, 2.75) is 0 Å². The van der Waals surface area contributed by atoms with Crippen molar-refractivity contribution >= 4 is 65.6 Å². The van der Waals surface area contributed by atoms with E-state index in [0.717, 1.165) is 77.2 Å². The predicted molar refractivity (Wildman–Crippen MR) is 270 cm³/mol. The minimum Gasteiger partial charge on any atom is -0.456 e. The summed E-state index contributed by atoms with van der Waals surface area (Å²) in [5, 5.41) is 5.71. The number of hydrogen-bond donors (Lipinski definition) is 0. The van der Waals surface area contributed by atoms with Crippen molar-refractivity contribution in [3.8, 4) is 55.9 Å². The Bertz CT molecular complexity index is 3600. The normalized spacial score (nSPS) is 11.8. The van der Waals surface area contributed by atoms with E-state index in [4.69, 9.17) is 4.42 Å². The van der Waals surface area contributed by atoms with Gasteiger partial charge in [-0.3, -0.25) is 4.79 Å². The van der Waals surface area contributed by atoms with Crippen molar-refractivity contribution in [1.29, 1.82) is 0 Å². The van der Waals surface area contributed by atoms with Gasteiger partial charge < -0.3 is 13.6 Å². The maximum Gasteiger partial charge on any atom is 0.200 e. The SMILES string of the molecule is O=c1c2ccc(-n3c4ccc(-c5ccccc5)cc4c4cc(-c5ccccc5)ccc43)cc2oc2cc(-n3c4ccc(-c5ccccc5)cc4c4cc(-c5ccccc5)ccc43)ccc12. The minimum atomic E-state index is -0.0520. The Morgan fingerprint density at radius 1 is 0.262 bits per heavy atom. The summed E-state index contributed by atoms with van der Waals surface area (Å²) in [5.41, 5.74) is 16.5. The smallest absolute Gasteiger partial charge is 0.200 e. The molecule has 0 aliphatic heterocycles. The van der Waals surface area contributed by atoms with Crippen molar-refractivity contribution < 1.29 is 4.42 Å². The lowest BCUT2D eigenvalue weighted by atomic mass is 10.0. The minimum absolute atomic E-state index is 0.0520. The summed E-state index contributed by atoms with van der Waals surface area (Å²) in [7, 11) is 0. The number of nitrogens with zero attached hydrogens (tertiary/aromatic N) is 2. The van der Waals surface area contributed by atoms with Gasteiger partial charge in [0.05, 0.1) is 32.8 Å². The van der Waals surface area contributed by atoms with Crippen LogP contribution in [0.25, 0.3) is 121 Å². The van der Waals surface area contributed by atoms with Gasteiger partial charge in [-0.15, -0.1) is 0 Å². The zero-order valence-corrected chi connectivity index (χ0v) is 35.2. The number of hydrogen-bond acceptors (Lipinski definition) is 2. The largest absolute Gasteiger partial charge is 0.456 e. The van der Waals surface area contributed by atoms with Crippen LogP contribution in [0.3, 0.4) is 0 Å². The standard InChI is InChI=1S/C61H38N2O2/c64-61-49-27-25-47(62-55-29-21-43(39-13-5-1-6-14-39)33-51(55)52-34-44(22-30-56(52)62)40-15-7-2-8-16-40)37-59(49)65-60-38-48(26-28-50(60)61)63-57-31-23-45(41-17-9-3-10-18-41)35-53(57)54-36-46(24-32-58(54)63)42-19-11-4-12-20-42/h1-38H. The predicted octanol–water partition coefficient (Wildman–Crippen LogP) is 15.8. The van der Waals surface area contributed by atoms with Crippen molar-refractivity contribution in [2.24, 2.45) is 0 Å². The molecule has 0 saturated carbocycles. The average molecular weight is 831 g/mol. The molecule has 13 rings (SSSR count). The Labute approximate surface area is 374 Å². The van der Waals surface area contributed by atoms with E-state index in [9.17, 15) is 4.79 Å². The van der Waals surface area contributed by atoms with Crippen molar-refractivity contribution in [1.82, 2.24) is 9.13 Å². The van der Waals surface area contributed by atoms with Crippen LogP contribution in [0.15, 0.2) is 240 Å². The molecule has 3 heterocycles. The molecule has 0 unspecified atom stereocenters. The van der Waals surface area contributed by atoms with Crippen LogP contribution in [-0.2, 0) is 0 Å². The third-order valence-electron chi connectivity index (χ3n) is 13.1. The van der Waals surface area contributed by atoms with Gasteiger partial charge in [-0.25, -0.2) is 0 Å². The van der Waals surface area contributed by atoms with Gasteiger partial charge in [0.15, 0.2) is 0 Å². The molecule has 0 saturated heterocycles. The van der Waals surface area contributed by atoms with E-state index in [1.165, 1.54) is 22.3 Å². The lowest BCUT2D eigenvalue weighted by Gasteiger charge is -2.12. The van der Waals surface area contributed by atoms with E-state index in [1.54, 1.807) is 0 Å². The van der Waals surface area contributed by atoms with Gasteiger partial charge in [0.1, 0.15) is 11.2 Å². The number of aromatic nitrogens is 2. The summed E-state index contributed by atoms with van der Waals surface area (Å²) < 4.78 is 11.4. The molecule has 3 aromatic heterocycles. The first-order chi connectivity index (χ1) is 32.1. The summed E-state index contributed by atoms with van der Waals surface area (Å²) >= 11 is 0. The number of rotatable bonds is 6. The molecule has 0 N–H and O–H groups in total. The van der Waals surface area contributed by atoms with Crippen molar-refractivity contribution in [3.63, 3.8) is 0 Å². The molecule has 13 aromatic rings. The van der Waals surface area contributed by atoms with Crippen LogP contribution in [-0.4, -0.2) is 9.13 Å². The van der Waals surface area contributed by atoms with Gasteiger partial charge in [-0.1, -0.05) is 146 Å². The third kappa shape index (κ3) is 6.03. The zero-order chi connectivity index (χ0) is 43.0. The van der Waals surface area contributed by atoms with Crippen LogP contribution >= 0.6 is 0 Å². The van der Waals surface area contributed by atoms with E-state index in [0.29, 0.717) is 21.9 Å². The molecule has 0 spiro atoms. The van der Waals surface area contributed by atoms with Crippen LogP contribution in [0.2, 0.25) is 0 Å². The highest BCUT2D eigenvalue weighted by atomic mass is 16.3. The van der Waals surface area contributed by atoms with Gasteiger partial charge in [-0.05, 0) is 117 Å². The van der Waals surface area contributed by atoms with E-state index < -0.39 is 0 Å². The third-order valence-corrected chi connectivity index (χ3v) is 13.1. The maximum absolute atomic E-state index is 14.3. The van der Waals surface area contributed by atoms with Gasteiger partial charge >= 0.3 is 0 Å². The fourth-order valence-corrected chi connectivity index (χ4v) is 9.95. The number of benzene rings is 10. The summed E-state index contributed by atoms with van der Waals surface area (Å²) in [6.45, 7) is 0. The number of fused-ring (bicyclic) bond motifs is 8. The molecule has 10 aromatic carbocycles. The first-order valence-corrected chi connectivity index (χ1v) is 22.0. The summed E-state index contributed by atoms with van der Waals surface area (Å²) in [4.78, 5) is 14.3. The molecule has 4 heteroatoms. The first kappa shape index (κ1) is 36.9. The highest BCUT2D eigenvalue weighted by Gasteiger charge is 2.19. The highest BCUT2D eigenvalue weighted by Crippen LogP contribution is 2.40. The van der Waals surface area contributed by atoms with Gasteiger partial charge in [0.25, 0.3) is 0 Å². The van der Waals surface area contributed by atoms with Crippen LogP contribution in [0.1, 0.15) is 0 Å². The van der Waals surface area contributed by atoms with E-state index in [2.05, 4.69) is 203 Å². The Morgan fingerprint density at radius 3 is 0.846 bits per heavy atom. The van der Waals surface area contributed by atoms with Gasteiger partial charge in [-0.2, -0.15) is 0 Å². The Balaban J connectivity index is 0.989. The fourth-order valence-electron chi connectivity index (χ4n) is 9.95. The van der Waals surface area contributed by atoms with E-state index >= 15 is 0 Å². The van der Waals surface area contributed by atoms with Crippen LogP contribution in [0, 0.1) is 0 Å². The lowest BCUT2D eigenvalue weighted by Crippen LogP contribution is -2.04. The molecule has 0 aliphatic rings. The van der Waals surface area contributed by atoms with Crippen molar-refractivity contribution in [2.75, 3.05) is 0 Å². The topological polar surface area (TPSA) is 40.1 Å². The molecule has 0 fully saturated rings. The average Bonchev–Trinajstić information content (AvgIpc) is 3.88. The van der Waals surface area contributed by atoms with Crippen LogP contribution in [0.4, 0.5) is 0 Å². The Kier molecular flexibility index (Phi) is 8.33. The molecular formula is C61H38N2O2. The lowest BCUT2D eigenvalue weighted by molar-refractivity contribution is 0.659. The van der Waals surface area contributed by atoms with Crippen LogP contribution in [0.5, 0.6) is 0 Å². The van der Waals surface area contributed by atoms with Crippen LogP contribution < -0.4 is 5.43 Å². The quantitative estimate of drug-likeness (QED) is 0.157. The van der Waals surface area contributed by atoms with Gasteiger partial charge in [0, 0.05) is 45.1 Å². The molecule has 0 aliphatic carbocycles. The summed E-state index contributed by atoms with van der Waals surface area (Å²) in [6.07, 6.45) is 0. The van der Waals surface area contributed by atoms with Gasteiger partial charge in [0.2, 0.25) is 5.43 Å². The highest BCUT2D eigenvalue weighted by molar-refractivity contribution is 6.13. The summed E-state index contributed by atoms with van der Waals surface area (Å²) in [5.74, 6) is 0. The molecular weight excluding hydrogens is 793 g/mol. The molecule has 4 nitrogen and oxygen atoms in total. The van der Waals surface area contributed by atoms with Crippen molar-refractivity contribution in [3.05, 3.63) is 241 Å². The molecule has 0 atom stereocenters. The second kappa shape index (κ2) is 14.7. The second-order valence-electron chi connectivity index (χ2n) is 16.9. The summed E-state index contributed by atoms with van der Waals surface area (Å²) in [6, 6.07) is 80.9. The maximum atomic E-state index is 14.3. The molecule has 0 bridgehead atoms. The van der Waals surface area contributed by atoms with E-state index in [-0.39, 0.29) is 5.43 Å². The molecule has 304 valence electrons. The molecule has 65 heavy (non-hydrogen) atoms. The molecule has 0 amide bonds.